The Morgan fingerprint density at radius 1 is 1.14 bits per heavy atom. The Kier molecular flexibility index (Phi) is 5.40. The highest BCUT2D eigenvalue weighted by Crippen LogP contribution is 2.36. The molecule has 0 radical (unpaired) electrons. The molecule has 1 aliphatic heterocycles. The number of hydrogen-bond donors (Lipinski definition) is 2. The smallest absolute Gasteiger partial charge is 0.255 e. The Balaban J connectivity index is 1.77. The molecule has 2 aromatic carbocycles. The summed E-state index contributed by atoms with van der Waals surface area (Å²) in [6.45, 7) is 5.96. The molecule has 6 nitrogen and oxygen atoms in total. The van der Waals surface area contributed by atoms with Crippen molar-refractivity contribution in [3.63, 3.8) is 0 Å². The number of carbonyl (C=O) groups is 1. The molecule has 0 unspecified atom stereocenters. The van der Waals surface area contributed by atoms with Crippen LogP contribution in [0.1, 0.15) is 31.0 Å². The standard InChI is InChI=1S/C22H23N5OS/c1-4-29-22-25-21-23-15(3)18(20(28)24-17-13-9-8-10-14(17)2)19(27(21)26-22)16-11-6-5-7-12-16/h5-13,19H,4H2,1-3H3,(H,24,28)(H,23,25,26)/t19-/m0/s1. The molecule has 1 atom stereocenters. The summed E-state index contributed by atoms with van der Waals surface area (Å²) in [5.74, 6) is 1.38. The van der Waals surface area contributed by atoms with Gasteiger partial charge in [-0.05, 0) is 36.8 Å². The normalized spacial score (nSPS) is 15.6. The number of nitrogens with zero attached hydrogens (tertiary/aromatic N) is 3. The molecule has 4 rings (SSSR count). The number of nitrogens with one attached hydrogen (secondary N) is 2. The SMILES string of the molecule is CCSc1nc2n(n1)[C@@H](c1ccccc1)C(C(=O)Nc1ccccc1C)=C(C)N2. The Labute approximate surface area is 174 Å². The summed E-state index contributed by atoms with van der Waals surface area (Å²) in [5, 5.41) is 11.7. The van der Waals surface area contributed by atoms with E-state index in [4.69, 9.17) is 0 Å². The minimum absolute atomic E-state index is 0.149. The van der Waals surface area contributed by atoms with E-state index in [0.29, 0.717) is 16.7 Å². The summed E-state index contributed by atoms with van der Waals surface area (Å²) in [7, 11) is 0. The molecule has 0 bridgehead atoms. The van der Waals surface area contributed by atoms with E-state index in [1.807, 2.05) is 73.1 Å². The largest absolute Gasteiger partial charge is 0.328 e. The summed E-state index contributed by atoms with van der Waals surface area (Å²) in [5.41, 5.74) is 4.21. The number of fused-ring (bicyclic) bond motifs is 1. The van der Waals surface area contributed by atoms with E-state index in [1.54, 1.807) is 11.8 Å². The lowest BCUT2D eigenvalue weighted by atomic mass is 9.95. The number of aryl methyl sites for hydroxylation is 1. The van der Waals surface area contributed by atoms with E-state index in [-0.39, 0.29) is 11.9 Å². The van der Waals surface area contributed by atoms with Crippen molar-refractivity contribution in [2.24, 2.45) is 0 Å². The molecular weight excluding hydrogens is 382 g/mol. The maximum Gasteiger partial charge on any atom is 0.255 e. The number of amides is 1. The number of carbonyl (C=O) groups excluding carboxylic acids is 1. The number of hydrogen-bond acceptors (Lipinski definition) is 5. The lowest BCUT2D eigenvalue weighted by molar-refractivity contribution is -0.113. The van der Waals surface area contributed by atoms with E-state index in [0.717, 1.165) is 28.3 Å². The molecule has 1 amide bonds. The van der Waals surface area contributed by atoms with Gasteiger partial charge in [0.1, 0.15) is 6.04 Å². The first-order valence-corrected chi connectivity index (χ1v) is 10.6. The molecule has 29 heavy (non-hydrogen) atoms. The van der Waals surface area contributed by atoms with Crippen molar-refractivity contribution in [3.8, 4) is 0 Å². The van der Waals surface area contributed by atoms with Gasteiger partial charge in [-0.15, -0.1) is 5.10 Å². The van der Waals surface area contributed by atoms with Crippen molar-refractivity contribution in [1.29, 1.82) is 0 Å². The van der Waals surface area contributed by atoms with Gasteiger partial charge in [0.05, 0.1) is 5.57 Å². The molecule has 0 spiro atoms. The monoisotopic (exact) mass is 405 g/mol. The first-order valence-electron chi connectivity index (χ1n) is 9.57. The molecule has 0 saturated heterocycles. The highest BCUT2D eigenvalue weighted by Gasteiger charge is 2.34. The van der Waals surface area contributed by atoms with Gasteiger partial charge in [-0.3, -0.25) is 4.79 Å². The van der Waals surface area contributed by atoms with Crippen LogP contribution in [0.2, 0.25) is 0 Å². The van der Waals surface area contributed by atoms with Crippen molar-refractivity contribution in [3.05, 3.63) is 77.0 Å². The number of aromatic nitrogens is 3. The van der Waals surface area contributed by atoms with E-state index in [9.17, 15) is 4.79 Å². The van der Waals surface area contributed by atoms with Crippen molar-refractivity contribution in [2.75, 3.05) is 16.4 Å². The van der Waals surface area contributed by atoms with Gasteiger partial charge in [0.15, 0.2) is 0 Å². The second kappa shape index (κ2) is 8.13. The van der Waals surface area contributed by atoms with Crippen molar-refractivity contribution >= 4 is 29.3 Å². The molecule has 0 aliphatic carbocycles. The van der Waals surface area contributed by atoms with Gasteiger partial charge in [-0.1, -0.05) is 67.2 Å². The lowest BCUT2D eigenvalue weighted by Gasteiger charge is -2.28. The van der Waals surface area contributed by atoms with E-state index < -0.39 is 0 Å². The fourth-order valence-corrected chi connectivity index (χ4v) is 4.02. The van der Waals surface area contributed by atoms with Crippen LogP contribution in [0.15, 0.2) is 71.0 Å². The summed E-state index contributed by atoms with van der Waals surface area (Å²) in [6.07, 6.45) is 0. The van der Waals surface area contributed by atoms with Gasteiger partial charge in [0.2, 0.25) is 11.1 Å². The Morgan fingerprint density at radius 3 is 2.59 bits per heavy atom. The van der Waals surface area contributed by atoms with Crippen LogP contribution in [0.4, 0.5) is 11.6 Å². The number of allylic oxidation sites excluding steroid dienone is 1. The molecule has 1 aliphatic rings. The maximum absolute atomic E-state index is 13.4. The van der Waals surface area contributed by atoms with Gasteiger partial charge in [0.25, 0.3) is 5.91 Å². The fraction of sp³-hybridized carbons (Fsp3) is 0.227. The van der Waals surface area contributed by atoms with Gasteiger partial charge < -0.3 is 10.6 Å². The molecule has 148 valence electrons. The molecule has 7 heteroatoms. The zero-order valence-corrected chi connectivity index (χ0v) is 17.5. The first kappa shape index (κ1) is 19.3. The predicted octanol–water partition coefficient (Wildman–Crippen LogP) is 4.63. The van der Waals surface area contributed by atoms with E-state index in [1.165, 1.54) is 0 Å². The minimum atomic E-state index is -0.352. The third-order valence-corrected chi connectivity index (χ3v) is 5.58. The fourth-order valence-electron chi connectivity index (χ4n) is 3.46. The highest BCUT2D eigenvalue weighted by atomic mass is 32.2. The van der Waals surface area contributed by atoms with Crippen molar-refractivity contribution in [2.45, 2.75) is 32.0 Å². The lowest BCUT2D eigenvalue weighted by Crippen LogP contribution is -2.31. The van der Waals surface area contributed by atoms with Crippen LogP contribution < -0.4 is 10.6 Å². The topological polar surface area (TPSA) is 71.8 Å². The number of thioether (sulfide) groups is 1. The zero-order valence-electron chi connectivity index (χ0n) is 16.6. The highest BCUT2D eigenvalue weighted by molar-refractivity contribution is 7.99. The van der Waals surface area contributed by atoms with Crippen molar-refractivity contribution < 1.29 is 4.79 Å². The van der Waals surface area contributed by atoms with E-state index in [2.05, 4.69) is 27.6 Å². The maximum atomic E-state index is 13.4. The number of benzene rings is 2. The minimum Gasteiger partial charge on any atom is -0.328 e. The van der Waals surface area contributed by atoms with Crippen LogP contribution in [0.5, 0.6) is 0 Å². The summed E-state index contributed by atoms with van der Waals surface area (Å²) in [4.78, 5) is 18.0. The van der Waals surface area contributed by atoms with Crippen LogP contribution in [-0.2, 0) is 4.79 Å². The molecule has 3 aromatic rings. The Bertz CT molecular complexity index is 1070. The van der Waals surface area contributed by atoms with Crippen molar-refractivity contribution in [1.82, 2.24) is 14.8 Å². The van der Waals surface area contributed by atoms with Gasteiger partial charge in [-0.25, -0.2) is 4.68 Å². The first-order chi connectivity index (χ1) is 14.1. The Morgan fingerprint density at radius 2 is 1.86 bits per heavy atom. The van der Waals surface area contributed by atoms with Gasteiger partial charge in [0, 0.05) is 11.4 Å². The molecule has 0 saturated carbocycles. The summed E-state index contributed by atoms with van der Waals surface area (Å²) < 4.78 is 1.81. The third kappa shape index (κ3) is 3.78. The van der Waals surface area contributed by atoms with Crippen LogP contribution in [0, 0.1) is 6.92 Å². The van der Waals surface area contributed by atoms with Crippen LogP contribution in [-0.4, -0.2) is 26.4 Å². The second-order valence-electron chi connectivity index (χ2n) is 6.84. The van der Waals surface area contributed by atoms with Crippen LogP contribution >= 0.6 is 11.8 Å². The van der Waals surface area contributed by atoms with Gasteiger partial charge in [-0.2, -0.15) is 4.98 Å². The molecule has 2 N–H and O–H groups in total. The molecule has 1 aromatic heterocycles. The third-order valence-electron chi connectivity index (χ3n) is 4.86. The molecule has 2 heterocycles. The number of anilines is 2. The summed E-state index contributed by atoms with van der Waals surface area (Å²) in [6, 6.07) is 17.4. The Hall–Kier alpha value is -3.06. The quantitative estimate of drug-likeness (QED) is 0.606. The van der Waals surface area contributed by atoms with E-state index >= 15 is 0 Å². The second-order valence-corrected chi connectivity index (χ2v) is 8.07. The van der Waals surface area contributed by atoms with Gasteiger partial charge >= 0.3 is 0 Å². The average molecular weight is 406 g/mol. The number of rotatable bonds is 5. The molecular formula is C22H23N5OS. The molecule has 0 fully saturated rings. The summed E-state index contributed by atoms with van der Waals surface area (Å²) >= 11 is 1.58. The van der Waals surface area contributed by atoms with Crippen LogP contribution in [0.25, 0.3) is 0 Å². The van der Waals surface area contributed by atoms with Crippen LogP contribution in [0.3, 0.4) is 0 Å². The number of para-hydroxylation sites is 1. The zero-order chi connectivity index (χ0) is 20.4. The average Bonchev–Trinajstić information content (AvgIpc) is 3.11. The predicted molar refractivity (Wildman–Crippen MR) is 117 cm³/mol.